The van der Waals surface area contributed by atoms with Crippen molar-refractivity contribution < 1.29 is 9.59 Å². The van der Waals surface area contributed by atoms with Gasteiger partial charge in [0.2, 0.25) is 11.8 Å². The molecule has 0 saturated carbocycles. The van der Waals surface area contributed by atoms with Crippen LogP contribution < -0.4 is 10.6 Å². The fourth-order valence-corrected chi connectivity index (χ4v) is 3.77. The highest BCUT2D eigenvalue weighted by molar-refractivity contribution is 7.99. The Hall–Kier alpha value is -3.13. The van der Waals surface area contributed by atoms with E-state index < -0.39 is 0 Å². The Morgan fingerprint density at radius 2 is 1.65 bits per heavy atom. The van der Waals surface area contributed by atoms with E-state index in [0.717, 1.165) is 28.1 Å². The summed E-state index contributed by atoms with van der Waals surface area (Å²) in [6.07, 6.45) is 0.772. The Kier molecular flexibility index (Phi) is 7.46. The quantitative estimate of drug-likeness (QED) is 0.519. The molecule has 3 rings (SSSR count). The van der Waals surface area contributed by atoms with Gasteiger partial charge in [-0.2, -0.15) is 0 Å². The molecular formula is C23H27N5O2S. The summed E-state index contributed by atoms with van der Waals surface area (Å²) in [5.74, 6) is 0.761. The molecule has 2 aromatic carbocycles. The summed E-state index contributed by atoms with van der Waals surface area (Å²) in [4.78, 5) is 24.5. The van der Waals surface area contributed by atoms with E-state index in [9.17, 15) is 9.59 Å². The molecule has 0 saturated heterocycles. The second-order valence-corrected chi connectivity index (χ2v) is 8.47. The number of carbonyl (C=O) groups excluding carboxylic acids is 2. The second kappa shape index (κ2) is 10.3. The zero-order valence-electron chi connectivity index (χ0n) is 18.2. The molecule has 0 aliphatic carbocycles. The molecule has 0 aliphatic rings. The van der Waals surface area contributed by atoms with Crippen LogP contribution in [-0.2, 0) is 23.1 Å². The minimum absolute atomic E-state index is 0.0751. The van der Waals surface area contributed by atoms with Gasteiger partial charge in [-0.25, -0.2) is 0 Å². The molecule has 0 bridgehead atoms. The SMILES string of the molecule is Cc1ccc(NC(=O)CCc2nnc(SCC(=O)Nc3ccc(C)cc3C)n2C)cc1. The number of thioether (sulfide) groups is 1. The van der Waals surface area contributed by atoms with Gasteiger partial charge in [-0.15, -0.1) is 10.2 Å². The number of aromatic nitrogens is 3. The summed E-state index contributed by atoms with van der Waals surface area (Å²) < 4.78 is 1.83. The highest BCUT2D eigenvalue weighted by atomic mass is 32.2. The zero-order valence-corrected chi connectivity index (χ0v) is 19.0. The van der Waals surface area contributed by atoms with E-state index in [2.05, 4.69) is 20.8 Å². The molecule has 0 fully saturated rings. The van der Waals surface area contributed by atoms with Gasteiger partial charge in [0.25, 0.3) is 0 Å². The smallest absolute Gasteiger partial charge is 0.234 e. The number of anilines is 2. The van der Waals surface area contributed by atoms with Crippen LogP contribution in [0, 0.1) is 20.8 Å². The number of nitrogens with zero attached hydrogens (tertiary/aromatic N) is 3. The molecule has 0 spiro atoms. The van der Waals surface area contributed by atoms with Gasteiger partial charge in [0.1, 0.15) is 5.82 Å². The lowest BCUT2D eigenvalue weighted by Crippen LogP contribution is -2.15. The number of hydrogen-bond donors (Lipinski definition) is 2. The molecule has 1 heterocycles. The zero-order chi connectivity index (χ0) is 22.4. The van der Waals surface area contributed by atoms with Crippen molar-refractivity contribution in [2.75, 3.05) is 16.4 Å². The van der Waals surface area contributed by atoms with Crippen molar-refractivity contribution in [2.24, 2.45) is 7.05 Å². The molecule has 0 unspecified atom stereocenters. The van der Waals surface area contributed by atoms with E-state index in [1.807, 2.05) is 74.9 Å². The Balaban J connectivity index is 1.48. The van der Waals surface area contributed by atoms with E-state index >= 15 is 0 Å². The first-order valence-electron chi connectivity index (χ1n) is 10.1. The lowest BCUT2D eigenvalue weighted by molar-refractivity contribution is -0.116. The standard InChI is InChI=1S/C23H27N5O2S/c1-15-5-8-18(9-6-15)24-21(29)12-11-20-26-27-23(28(20)4)31-14-22(30)25-19-10-7-16(2)13-17(19)3/h5-10,13H,11-12,14H2,1-4H3,(H,24,29)(H,25,30). The minimum Gasteiger partial charge on any atom is -0.326 e. The molecule has 1 aromatic heterocycles. The van der Waals surface area contributed by atoms with Gasteiger partial charge in [0, 0.05) is 31.3 Å². The number of benzene rings is 2. The summed E-state index contributed by atoms with van der Waals surface area (Å²) in [5.41, 5.74) is 4.92. The molecular weight excluding hydrogens is 410 g/mol. The first kappa shape index (κ1) is 22.6. The van der Waals surface area contributed by atoms with E-state index in [0.29, 0.717) is 23.8 Å². The minimum atomic E-state index is -0.0982. The van der Waals surface area contributed by atoms with Gasteiger partial charge in [-0.05, 0) is 44.5 Å². The normalized spacial score (nSPS) is 10.7. The average Bonchev–Trinajstić information content (AvgIpc) is 3.08. The monoisotopic (exact) mass is 437 g/mol. The Bertz CT molecular complexity index is 1080. The van der Waals surface area contributed by atoms with Crippen LogP contribution in [0.2, 0.25) is 0 Å². The summed E-state index contributed by atoms with van der Waals surface area (Å²) in [6.45, 7) is 5.99. The first-order valence-corrected chi connectivity index (χ1v) is 11.0. The summed E-state index contributed by atoms with van der Waals surface area (Å²) in [5, 5.41) is 14.8. The molecule has 0 radical (unpaired) electrons. The highest BCUT2D eigenvalue weighted by Crippen LogP contribution is 2.19. The number of amides is 2. The summed E-state index contributed by atoms with van der Waals surface area (Å²) >= 11 is 1.32. The Labute approximate surface area is 186 Å². The van der Waals surface area contributed by atoms with Crippen LogP contribution >= 0.6 is 11.8 Å². The maximum atomic E-state index is 12.3. The third-order valence-corrected chi connectivity index (χ3v) is 5.84. The fraction of sp³-hybridized carbons (Fsp3) is 0.304. The third-order valence-electron chi connectivity index (χ3n) is 4.82. The summed E-state index contributed by atoms with van der Waals surface area (Å²) in [6, 6.07) is 13.6. The summed E-state index contributed by atoms with van der Waals surface area (Å²) in [7, 11) is 1.84. The van der Waals surface area contributed by atoms with Crippen LogP contribution in [0.25, 0.3) is 0 Å². The molecule has 2 N–H and O–H groups in total. The van der Waals surface area contributed by atoms with Crippen LogP contribution in [0.1, 0.15) is 28.9 Å². The molecule has 162 valence electrons. The van der Waals surface area contributed by atoms with E-state index in [4.69, 9.17) is 0 Å². The molecule has 0 aliphatic heterocycles. The van der Waals surface area contributed by atoms with Crippen LogP contribution in [0.3, 0.4) is 0 Å². The predicted molar refractivity (Wildman–Crippen MR) is 124 cm³/mol. The number of carbonyl (C=O) groups is 2. The van der Waals surface area contributed by atoms with Gasteiger partial charge in [0.05, 0.1) is 5.75 Å². The average molecular weight is 438 g/mol. The van der Waals surface area contributed by atoms with Crippen LogP contribution in [0.4, 0.5) is 11.4 Å². The number of aryl methyl sites for hydroxylation is 4. The van der Waals surface area contributed by atoms with Crippen LogP contribution in [-0.4, -0.2) is 32.3 Å². The van der Waals surface area contributed by atoms with Crippen molar-refractivity contribution in [3.05, 3.63) is 65.0 Å². The van der Waals surface area contributed by atoms with E-state index in [1.165, 1.54) is 11.8 Å². The first-order chi connectivity index (χ1) is 14.8. The van der Waals surface area contributed by atoms with E-state index in [1.54, 1.807) is 0 Å². The van der Waals surface area contributed by atoms with Crippen molar-refractivity contribution in [3.8, 4) is 0 Å². The molecule has 3 aromatic rings. The Morgan fingerprint density at radius 3 is 2.35 bits per heavy atom. The molecule has 8 heteroatoms. The van der Waals surface area contributed by atoms with E-state index in [-0.39, 0.29) is 17.6 Å². The number of rotatable bonds is 8. The lowest BCUT2D eigenvalue weighted by atomic mass is 10.1. The highest BCUT2D eigenvalue weighted by Gasteiger charge is 2.13. The van der Waals surface area contributed by atoms with Crippen molar-refractivity contribution in [1.29, 1.82) is 0 Å². The predicted octanol–water partition coefficient (Wildman–Crippen LogP) is 4.04. The second-order valence-electron chi connectivity index (χ2n) is 7.53. The van der Waals surface area contributed by atoms with Gasteiger partial charge >= 0.3 is 0 Å². The molecule has 7 nitrogen and oxygen atoms in total. The maximum Gasteiger partial charge on any atom is 0.234 e. The molecule has 0 atom stereocenters. The third kappa shape index (κ3) is 6.42. The topological polar surface area (TPSA) is 88.9 Å². The van der Waals surface area contributed by atoms with Crippen molar-refractivity contribution in [3.63, 3.8) is 0 Å². The van der Waals surface area contributed by atoms with Crippen molar-refractivity contribution >= 4 is 35.0 Å². The van der Waals surface area contributed by atoms with Crippen molar-refractivity contribution in [2.45, 2.75) is 38.8 Å². The van der Waals surface area contributed by atoms with Crippen LogP contribution in [0.5, 0.6) is 0 Å². The molecule has 31 heavy (non-hydrogen) atoms. The van der Waals surface area contributed by atoms with Gasteiger partial charge in [0.15, 0.2) is 5.16 Å². The van der Waals surface area contributed by atoms with Gasteiger partial charge in [-0.3, -0.25) is 9.59 Å². The molecule has 2 amide bonds. The van der Waals surface area contributed by atoms with Crippen LogP contribution in [0.15, 0.2) is 47.6 Å². The van der Waals surface area contributed by atoms with Gasteiger partial charge in [-0.1, -0.05) is 47.2 Å². The number of hydrogen-bond acceptors (Lipinski definition) is 5. The van der Waals surface area contributed by atoms with Gasteiger partial charge < -0.3 is 15.2 Å². The lowest BCUT2D eigenvalue weighted by Gasteiger charge is -2.09. The fourth-order valence-electron chi connectivity index (χ4n) is 3.04. The maximum absolute atomic E-state index is 12.3. The van der Waals surface area contributed by atoms with Crippen molar-refractivity contribution in [1.82, 2.24) is 14.8 Å². The largest absolute Gasteiger partial charge is 0.326 e. The number of nitrogens with one attached hydrogen (secondary N) is 2. The Morgan fingerprint density at radius 1 is 0.935 bits per heavy atom.